The second kappa shape index (κ2) is 8.03. The average Bonchev–Trinajstić information content (AvgIpc) is 3.24. The van der Waals surface area contributed by atoms with Crippen molar-refractivity contribution in [2.45, 2.75) is 24.7 Å². The molecule has 8 heteroatoms. The van der Waals surface area contributed by atoms with E-state index in [9.17, 15) is 9.59 Å². The highest BCUT2D eigenvalue weighted by Gasteiger charge is 2.22. The minimum Gasteiger partial charge on any atom is -0.337 e. The Morgan fingerprint density at radius 1 is 1.10 bits per heavy atom. The van der Waals surface area contributed by atoms with Gasteiger partial charge in [0.1, 0.15) is 0 Å². The molecule has 156 valence electrons. The van der Waals surface area contributed by atoms with E-state index in [2.05, 4.69) is 28.9 Å². The number of thioether (sulfide) groups is 1. The zero-order valence-corrected chi connectivity index (χ0v) is 17.7. The van der Waals surface area contributed by atoms with E-state index < -0.39 is 0 Å². The number of aromatic nitrogens is 4. The molecule has 3 heterocycles. The lowest BCUT2D eigenvalue weighted by Crippen LogP contribution is -2.37. The molecule has 0 spiro atoms. The summed E-state index contributed by atoms with van der Waals surface area (Å²) in [5, 5.41) is 9.72. The van der Waals surface area contributed by atoms with Crippen LogP contribution >= 0.6 is 11.8 Å². The summed E-state index contributed by atoms with van der Waals surface area (Å²) in [6.07, 6.45) is 2.54. The molecule has 0 fully saturated rings. The predicted octanol–water partition coefficient (Wildman–Crippen LogP) is 2.91. The van der Waals surface area contributed by atoms with E-state index in [4.69, 9.17) is 0 Å². The van der Waals surface area contributed by atoms with Crippen LogP contribution in [0, 0.1) is 0 Å². The first-order valence-electron chi connectivity index (χ1n) is 10.1. The highest BCUT2D eigenvalue weighted by atomic mass is 32.2. The summed E-state index contributed by atoms with van der Waals surface area (Å²) >= 11 is 1.34. The lowest BCUT2D eigenvalue weighted by Gasteiger charge is -2.28. The van der Waals surface area contributed by atoms with Crippen LogP contribution in [0.5, 0.6) is 0 Å². The smallest absolute Gasteiger partial charge is 0.263 e. The van der Waals surface area contributed by atoms with Crippen molar-refractivity contribution in [3.63, 3.8) is 0 Å². The van der Waals surface area contributed by atoms with E-state index in [-0.39, 0.29) is 17.2 Å². The maximum absolute atomic E-state index is 12.9. The first-order chi connectivity index (χ1) is 15.2. The van der Waals surface area contributed by atoms with Gasteiger partial charge in [0.2, 0.25) is 11.7 Å². The van der Waals surface area contributed by atoms with E-state index in [0.29, 0.717) is 29.4 Å². The van der Waals surface area contributed by atoms with Gasteiger partial charge in [-0.05, 0) is 29.7 Å². The quantitative estimate of drug-likeness (QED) is 0.359. The van der Waals surface area contributed by atoms with Crippen LogP contribution in [0.25, 0.3) is 16.7 Å². The van der Waals surface area contributed by atoms with Gasteiger partial charge in [-0.25, -0.2) is 0 Å². The van der Waals surface area contributed by atoms with Crippen molar-refractivity contribution in [3.8, 4) is 0 Å². The number of benzene rings is 2. The maximum atomic E-state index is 12.9. The van der Waals surface area contributed by atoms with Crippen LogP contribution in [0.4, 0.5) is 0 Å². The second-order valence-corrected chi connectivity index (χ2v) is 8.40. The van der Waals surface area contributed by atoms with Crippen LogP contribution in [0.2, 0.25) is 0 Å². The molecule has 0 N–H and O–H groups in total. The largest absolute Gasteiger partial charge is 0.337 e. The van der Waals surface area contributed by atoms with Crippen LogP contribution in [-0.4, -0.2) is 42.3 Å². The van der Waals surface area contributed by atoms with Crippen molar-refractivity contribution in [2.24, 2.45) is 0 Å². The Balaban J connectivity index is 1.44. The molecule has 0 bridgehead atoms. The molecule has 0 atom stereocenters. The Morgan fingerprint density at radius 2 is 1.87 bits per heavy atom. The molecular formula is C23H21N5O2S. The molecule has 0 aliphatic carbocycles. The van der Waals surface area contributed by atoms with E-state index in [1.807, 2.05) is 39.6 Å². The highest BCUT2D eigenvalue weighted by molar-refractivity contribution is 7.99. The molecule has 1 aliphatic rings. The number of carbonyl (C=O) groups is 1. The lowest BCUT2D eigenvalue weighted by atomic mass is 10.00. The van der Waals surface area contributed by atoms with Gasteiger partial charge in [0.15, 0.2) is 5.16 Å². The summed E-state index contributed by atoms with van der Waals surface area (Å²) in [5.74, 6) is 0.781. The molecule has 0 saturated heterocycles. The topological polar surface area (TPSA) is 72.5 Å². The maximum Gasteiger partial charge on any atom is 0.263 e. The number of hydrogen-bond donors (Lipinski definition) is 0. The summed E-state index contributed by atoms with van der Waals surface area (Å²) in [6, 6.07) is 15.6. The minimum absolute atomic E-state index is 0.0694. The van der Waals surface area contributed by atoms with Crippen molar-refractivity contribution in [2.75, 3.05) is 12.3 Å². The van der Waals surface area contributed by atoms with Gasteiger partial charge < -0.3 is 4.90 Å². The first-order valence-corrected chi connectivity index (χ1v) is 11.1. The van der Waals surface area contributed by atoms with E-state index in [0.717, 1.165) is 18.5 Å². The summed E-state index contributed by atoms with van der Waals surface area (Å²) in [5.41, 5.74) is 3.12. The molecule has 0 unspecified atom stereocenters. The fourth-order valence-electron chi connectivity index (χ4n) is 4.05. The predicted molar refractivity (Wildman–Crippen MR) is 121 cm³/mol. The Labute approximate surface area is 183 Å². The van der Waals surface area contributed by atoms with Gasteiger partial charge in [-0.3, -0.25) is 18.6 Å². The average molecular weight is 432 g/mol. The van der Waals surface area contributed by atoms with Crippen molar-refractivity contribution in [1.82, 2.24) is 24.1 Å². The van der Waals surface area contributed by atoms with Crippen molar-refractivity contribution in [1.29, 1.82) is 0 Å². The molecular weight excluding hydrogens is 410 g/mol. The van der Waals surface area contributed by atoms with Crippen molar-refractivity contribution < 1.29 is 4.79 Å². The number of nitrogens with zero attached hydrogens (tertiary/aromatic N) is 5. The van der Waals surface area contributed by atoms with Crippen LogP contribution in [-0.2, 0) is 24.3 Å². The van der Waals surface area contributed by atoms with Gasteiger partial charge in [0.05, 0.1) is 16.7 Å². The number of rotatable bonds is 5. The Morgan fingerprint density at radius 3 is 2.71 bits per heavy atom. The van der Waals surface area contributed by atoms with Gasteiger partial charge in [-0.1, -0.05) is 54.2 Å². The Bertz CT molecular complexity index is 1370. The monoisotopic (exact) mass is 431 g/mol. The third-order valence-corrected chi connectivity index (χ3v) is 6.51. The molecule has 1 aliphatic heterocycles. The second-order valence-electron chi connectivity index (χ2n) is 7.46. The van der Waals surface area contributed by atoms with E-state index >= 15 is 0 Å². The van der Waals surface area contributed by atoms with Crippen LogP contribution < -0.4 is 5.56 Å². The van der Waals surface area contributed by atoms with Gasteiger partial charge in [0, 0.05) is 19.6 Å². The molecule has 2 aromatic heterocycles. The van der Waals surface area contributed by atoms with Crippen molar-refractivity contribution >= 4 is 34.3 Å². The first kappa shape index (κ1) is 19.6. The minimum atomic E-state index is -0.130. The number of carbonyl (C=O) groups excluding carboxylic acids is 1. The third kappa shape index (κ3) is 3.42. The lowest BCUT2D eigenvalue weighted by molar-refractivity contribution is -0.129. The van der Waals surface area contributed by atoms with Crippen molar-refractivity contribution in [3.05, 3.63) is 82.7 Å². The third-order valence-electron chi connectivity index (χ3n) is 5.60. The Hall–Kier alpha value is -3.39. The number of para-hydroxylation sites is 1. The Kier molecular flexibility index (Phi) is 5.07. The van der Waals surface area contributed by atoms with E-state index in [1.165, 1.54) is 22.9 Å². The van der Waals surface area contributed by atoms with Crippen LogP contribution in [0.1, 0.15) is 11.1 Å². The van der Waals surface area contributed by atoms with E-state index in [1.54, 1.807) is 16.7 Å². The normalized spacial score (nSPS) is 13.5. The summed E-state index contributed by atoms with van der Waals surface area (Å²) < 4.78 is 3.40. The molecule has 5 rings (SSSR count). The molecule has 31 heavy (non-hydrogen) atoms. The number of amides is 1. The standard InChI is InChI=1S/C23H21N5O2S/c1-2-12-27-21(30)18-9-5-6-10-19(18)28-22(27)24-25-23(28)31-15-20(29)26-13-11-16-7-3-4-8-17(16)14-26/h2-10H,1,11-15H2. The zero-order chi connectivity index (χ0) is 21.4. The van der Waals surface area contributed by atoms with Gasteiger partial charge in [-0.15, -0.1) is 16.8 Å². The van der Waals surface area contributed by atoms with Gasteiger partial charge in [-0.2, -0.15) is 0 Å². The fourth-order valence-corrected chi connectivity index (χ4v) is 4.89. The molecule has 2 aromatic carbocycles. The van der Waals surface area contributed by atoms with Crippen LogP contribution in [0.15, 0.2) is 71.1 Å². The highest BCUT2D eigenvalue weighted by Crippen LogP contribution is 2.24. The number of allylic oxidation sites excluding steroid dienone is 1. The number of hydrogen-bond acceptors (Lipinski definition) is 5. The molecule has 4 aromatic rings. The summed E-state index contributed by atoms with van der Waals surface area (Å²) in [7, 11) is 0. The SMILES string of the molecule is C=CCn1c(=O)c2ccccc2n2c(SCC(=O)N3CCc4ccccc4C3)nnc12. The van der Waals surface area contributed by atoms with Gasteiger partial charge in [0.25, 0.3) is 5.56 Å². The molecule has 1 amide bonds. The fraction of sp³-hybridized carbons (Fsp3) is 0.217. The molecule has 0 saturated carbocycles. The summed E-state index contributed by atoms with van der Waals surface area (Å²) in [6.45, 7) is 5.44. The van der Waals surface area contributed by atoms with Crippen LogP contribution in [0.3, 0.4) is 0 Å². The molecule has 7 nitrogen and oxygen atoms in total. The number of fused-ring (bicyclic) bond motifs is 4. The molecule has 0 radical (unpaired) electrons. The van der Waals surface area contributed by atoms with Gasteiger partial charge >= 0.3 is 0 Å². The zero-order valence-electron chi connectivity index (χ0n) is 16.9. The summed E-state index contributed by atoms with van der Waals surface area (Å²) in [4.78, 5) is 27.7.